The van der Waals surface area contributed by atoms with Crippen LogP contribution in [0.25, 0.3) is 0 Å². The van der Waals surface area contributed by atoms with Gasteiger partial charge in [-0.05, 0) is 94.3 Å². The second-order valence-corrected chi connectivity index (χ2v) is 12.4. The third-order valence-electron chi connectivity index (χ3n) is 6.65. The van der Waals surface area contributed by atoms with E-state index < -0.39 is 11.2 Å². The second-order valence-electron chi connectivity index (χ2n) is 12.4. The highest BCUT2D eigenvalue weighted by Gasteiger charge is 2.40. The lowest BCUT2D eigenvalue weighted by Gasteiger charge is -2.24. The highest BCUT2D eigenvalue weighted by atomic mass is 16.6. The summed E-state index contributed by atoms with van der Waals surface area (Å²) in [5.41, 5.74) is 11.5. The summed E-state index contributed by atoms with van der Waals surface area (Å²) in [4.78, 5) is 27.4. The minimum atomic E-state index is -0.482. The van der Waals surface area contributed by atoms with E-state index in [4.69, 9.17) is 20.5 Å². The van der Waals surface area contributed by atoms with E-state index in [0.29, 0.717) is 31.7 Å². The molecular weight excluding hydrogens is 480 g/mol. The summed E-state index contributed by atoms with van der Waals surface area (Å²) in [6.45, 7) is 13.5. The Morgan fingerprint density at radius 2 is 1.24 bits per heavy atom. The lowest BCUT2D eigenvalue weighted by Crippen LogP contribution is -2.33. The number of nitrogens with zero attached hydrogens (tertiary/aromatic N) is 3. The number of carbonyl (C=O) groups is 2. The SMILES string of the molecule is CC(C)(C)OC(=O)N1Cc2ccc(C#N)cc2C1.CC(C)(C)OC(=O)N1Cc2ccc(C3(N)CC3)cc2C1. The van der Waals surface area contributed by atoms with Gasteiger partial charge in [-0.2, -0.15) is 5.26 Å². The van der Waals surface area contributed by atoms with Gasteiger partial charge in [0.1, 0.15) is 11.2 Å². The number of hydrogen-bond acceptors (Lipinski definition) is 6. The molecule has 0 spiro atoms. The molecule has 5 rings (SSSR count). The highest BCUT2D eigenvalue weighted by Crippen LogP contribution is 2.43. The van der Waals surface area contributed by atoms with Crippen LogP contribution in [-0.4, -0.2) is 33.2 Å². The molecule has 0 bridgehead atoms. The molecule has 8 nitrogen and oxygen atoms in total. The molecule has 1 aliphatic carbocycles. The van der Waals surface area contributed by atoms with E-state index in [0.717, 1.165) is 24.0 Å². The molecule has 2 heterocycles. The molecule has 0 unspecified atom stereocenters. The van der Waals surface area contributed by atoms with Crippen molar-refractivity contribution >= 4 is 12.2 Å². The standard InChI is InChI=1S/C16H22N2O2.C14H16N2O2/c1-15(2,3)20-14(19)18-9-11-4-5-13(8-12(11)10-18)16(17)6-7-16;1-14(2,3)18-13(17)16-8-11-5-4-10(7-15)6-12(11)9-16/h4-5,8H,6-7,9-10,17H2,1-3H3;4-6H,8-9H2,1-3H3. The van der Waals surface area contributed by atoms with E-state index in [2.05, 4.69) is 24.3 Å². The first-order chi connectivity index (χ1) is 17.7. The van der Waals surface area contributed by atoms with Gasteiger partial charge in [0.05, 0.1) is 11.6 Å². The predicted molar refractivity (Wildman–Crippen MR) is 144 cm³/mol. The molecule has 0 aromatic heterocycles. The Labute approximate surface area is 225 Å². The molecule has 2 aromatic carbocycles. The minimum absolute atomic E-state index is 0.117. The smallest absolute Gasteiger partial charge is 0.410 e. The van der Waals surface area contributed by atoms with Crippen LogP contribution in [0.2, 0.25) is 0 Å². The Balaban J connectivity index is 0.000000178. The number of carbonyl (C=O) groups excluding carboxylic acids is 2. The summed E-state index contributed by atoms with van der Waals surface area (Å²) in [5.74, 6) is 0. The largest absolute Gasteiger partial charge is 0.444 e. The maximum Gasteiger partial charge on any atom is 0.410 e. The molecule has 2 N–H and O–H groups in total. The van der Waals surface area contributed by atoms with Crippen molar-refractivity contribution in [3.05, 3.63) is 69.8 Å². The van der Waals surface area contributed by atoms with E-state index in [9.17, 15) is 9.59 Å². The summed E-state index contributed by atoms with van der Waals surface area (Å²) in [6, 6.07) is 14.0. The van der Waals surface area contributed by atoms with E-state index in [1.807, 2.05) is 53.7 Å². The molecule has 1 fully saturated rings. The van der Waals surface area contributed by atoms with Gasteiger partial charge in [-0.1, -0.05) is 24.3 Å². The van der Waals surface area contributed by atoms with E-state index in [1.54, 1.807) is 15.9 Å². The van der Waals surface area contributed by atoms with Crippen molar-refractivity contribution < 1.29 is 19.1 Å². The van der Waals surface area contributed by atoms with Crippen LogP contribution in [0.15, 0.2) is 36.4 Å². The molecule has 1 saturated carbocycles. The van der Waals surface area contributed by atoms with Gasteiger partial charge in [0.25, 0.3) is 0 Å². The zero-order chi connectivity index (χ0) is 27.9. The first-order valence-corrected chi connectivity index (χ1v) is 13.0. The van der Waals surface area contributed by atoms with Crippen molar-refractivity contribution in [2.24, 2.45) is 5.73 Å². The third-order valence-corrected chi connectivity index (χ3v) is 6.65. The van der Waals surface area contributed by atoms with Crippen LogP contribution >= 0.6 is 0 Å². The van der Waals surface area contributed by atoms with Crippen LogP contribution in [0.5, 0.6) is 0 Å². The van der Waals surface area contributed by atoms with E-state index in [1.165, 1.54) is 16.7 Å². The molecular formula is C30H38N4O4. The fraction of sp³-hybridized carbons (Fsp3) is 0.500. The van der Waals surface area contributed by atoms with Crippen LogP contribution in [0.4, 0.5) is 9.59 Å². The van der Waals surface area contributed by atoms with Crippen LogP contribution in [0.1, 0.15) is 87.8 Å². The number of amides is 2. The van der Waals surface area contributed by atoms with Gasteiger partial charge < -0.3 is 15.2 Å². The molecule has 202 valence electrons. The number of fused-ring (bicyclic) bond motifs is 2. The average molecular weight is 519 g/mol. The van der Waals surface area contributed by atoms with Crippen molar-refractivity contribution in [2.45, 2.75) is 97.3 Å². The number of nitriles is 1. The summed E-state index contributed by atoms with van der Waals surface area (Å²) in [7, 11) is 0. The van der Waals surface area contributed by atoms with Crippen LogP contribution in [0, 0.1) is 11.3 Å². The van der Waals surface area contributed by atoms with Gasteiger partial charge in [-0.25, -0.2) is 9.59 Å². The number of benzene rings is 2. The fourth-order valence-corrected chi connectivity index (χ4v) is 4.50. The Kier molecular flexibility index (Phi) is 7.19. The Morgan fingerprint density at radius 3 is 1.68 bits per heavy atom. The average Bonchev–Trinajstić information content (AvgIpc) is 3.24. The Hall–Kier alpha value is -3.57. The quantitative estimate of drug-likeness (QED) is 0.519. The third kappa shape index (κ3) is 6.65. The monoisotopic (exact) mass is 518 g/mol. The van der Waals surface area contributed by atoms with Gasteiger partial charge >= 0.3 is 12.2 Å². The zero-order valence-corrected chi connectivity index (χ0v) is 23.3. The van der Waals surface area contributed by atoms with Crippen LogP contribution in [0.3, 0.4) is 0 Å². The Bertz CT molecular complexity index is 1280. The molecule has 8 heteroatoms. The maximum absolute atomic E-state index is 12.1. The van der Waals surface area contributed by atoms with Gasteiger partial charge in [0.2, 0.25) is 0 Å². The van der Waals surface area contributed by atoms with Crippen molar-refractivity contribution in [1.82, 2.24) is 9.80 Å². The lowest BCUT2D eigenvalue weighted by molar-refractivity contribution is 0.0232. The molecule has 2 aromatic rings. The summed E-state index contributed by atoms with van der Waals surface area (Å²) in [6.07, 6.45) is 1.56. The van der Waals surface area contributed by atoms with Crippen molar-refractivity contribution in [3.63, 3.8) is 0 Å². The molecule has 38 heavy (non-hydrogen) atoms. The van der Waals surface area contributed by atoms with Crippen molar-refractivity contribution in [3.8, 4) is 6.07 Å². The van der Waals surface area contributed by atoms with Gasteiger partial charge in [-0.15, -0.1) is 0 Å². The van der Waals surface area contributed by atoms with Crippen molar-refractivity contribution in [2.75, 3.05) is 0 Å². The molecule has 3 aliphatic rings. The predicted octanol–water partition coefficient (Wildman–Crippen LogP) is 5.69. The molecule has 2 aliphatic heterocycles. The molecule has 0 atom stereocenters. The van der Waals surface area contributed by atoms with E-state index >= 15 is 0 Å². The number of hydrogen-bond donors (Lipinski definition) is 1. The van der Waals surface area contributed by atoms with Gasteiger partial charge in [-0.3, -0.25) is 9.80 Å². The maximum atomic E-state index is 12.1. The number of ether oxygens (including phenoxy) is 2. The fourth-order valence-electron chi connectivity index (χ4n) is 4.50. The first-order valence-electron chi connectivity index (χ1n) is 13.0. The second kappa shape index (κ2) is 9.95. The molecule has 0 radical (unpaired) electrons. The van der Waals surface area contributed by atoms with Crippen LogP contribution < -0.4 is 5.73 Å². The summed E-state index contributed by atoms with van der Waals surface area (Å²) >= 11 is 0. The van der Waals surface area contributed by atoms with Crippen LogP contribution in [-0.2, 0) is 41.2 Å². The first kappa shape index (κ1) is 27.5. The normalized spacial score (nSPS) is 17.0. The number of nitrogens with two attached hydrogens (primary N) is 1. The topological polar surface area (TPSA) is 109 Å². The van der Waals surface area contributed by atoms with Crippen molar-refractivity contribution in [1.29, 1.82) is 5.26 Å². The van der Waals surface area contributed by atoms with Gasteiger partial charge in [0, 0.05) is 31.7 Å². The highest BCUT2D eigenvalue weighted by molar-refractivity contribution is 5.70. The Morgan fingerprint density at radius 1 is 0.789 bits per heavy atom. The lowest BCUT2D eigenvalue weighted by atomic mass is 10.0. The summed E-state index contributed by atoms with van der Waals surface area (Å²) < 4.78 is 10.8. The number of rotatable bonds is 1. The molecule has 2 amide bonds. The molecule has 0 saturated heterocycles. The van der Waals surface area contributed by atoms with Gasteiger partial charge in [0.15, 0.2) is 0 Å². The summed E-state index contributed by atoms with van der Waals surface area (Å²) in [5, 5.41) is 8.84. The minimum Gasteiger partial charge on any atom is -0.444 e. The van der Waals surface area contributed by atoms with E-state index in [-0.39, 0.29) is 17.7 Å². The zero-order valence-electron chi connectivity index (χ0n) is 23.3.